The summed E-state index contributed by atoms with van der Waals surface area (Å²) in [6.45, 7) is 1.05. The van der Waals surface area contributed by atoms with Crippen molar-refractivity contribution >= 4 is 28.8 Å². The minimum atomic E-state index is 0.111. The highest BCUT2D eigenvalue weighted by atomic mass is 35.5. The Balaban J connectivity index is 1.66. The van der Waals surface area contributed by atoms with E-state index in [-0.39, 0.29) is 5.91 Å². The number of hydrogen-bond acceptors (Lipinski definition) is 3. The second-order valence-electron chi connectivity index (χ2n) is 5.52. The minimum absolute atomic E-state index is 0.111. The van der Waals surface area contributed by atoms with Crippen molar-refractivity contribution in [2.75, 3.05) is 0 Å². The van der Waals surface area contributed by atoms with Crippen LogP contribution in [0.1, 0.15) is 22.6 Å². The normalized spacial score (nSPS) is 10.7. The van der Waals surface area contributed by atoms with E-state index in [0.29, 0.717) is 25.9 Å². The van der Waals surface area contributed by atoms with Crippen LogP contribution >= 0.6 is 22.9 Å². The number of benzene rings is 1. The molecule has 0 aliphatic rings. The summed E-state index contributed by atoms with van der Waals surface area (Å²) in [4.78, 5) is 15.7. The summed E-state index contributed by atoms with van der Waals surface area (Å²) in [5.41, 5.74) is 1.11. The van der Waals surface area contributed by atoms with Crippen molar-refractivity contribution in [1.82, 2.24) is 4.90 Å². The van der Waals surface area contributed by atoms with Gasteiger partial charge in [0, 0.05) is 17.8 Å². The van der Waals surface area contributed by atoms with Gasteiger partial charge in [-0.1, -0.05) is 41.9 Å². The molecule has 24 heavy (non-hydrogen) atoms. The van der Waals surface area contributed by atoms with Crippen LogP contribution in [0.4, 0.5) is 0 Å². The standard InChI is InChI=1S/C19H18ClNO2S/c20-18-10-8-17(24-18)9-11-19(22)21(14-16-7-4-12-23-16)13-15-5-2-1-3-6-15/h1-8,10,12H,9,11,13-14H2. The molecule has 124 valence electrons. The summed E-state index contributed by atoms with van der Waals surface area (Å²) >= 11 is 7.48. The number of nitrogens with zero attached hydrogens (tertiary/aromatic N) is 1. The lowest BCUT2D eigenvalue weighted by Crippen LogP contribution is -2.30. The molecule has 0 unspecified atom stereocenters. The smallest absolute Gasteiger partial charge is 0.223 e. The number of thiophene rings is 1. The molecule has 0 aliphatic carbocycles. The number of rotatable bonds is 7. The second-order valence-corrected chi connectivity index (χ2v) is 7.32. The zero-order valence-corrected chi connectivity index (χ0v) is 14.7. The average Bonchev–Trinajstić information content (AvgIpc) is 3.24. The zero-order chi connectivity index (χ0) is 16.8. The zero-order valence-electron chi connectivity index (χ0n) is 13.2. The molecule has 0 aliphatic heterocycles. The maximum absolute atomic E-state index is 12.7. The van der Waals surface area contributed by atoms with Crippen molar-refractivity contribution in [3.63, 3.8) is 0 Å². The van der Waals surface area contributed by atoms with E-state index in [0.717, 1.165) is 20.5 Å². The molecule has 0 saturated carbocycles. The van der Waals surface area contributed by atoms with Crippen molar-refractivity contribution in [1.29, 1.82) is 0 Å². The highest BCUT2D eigenvalue weighted by Gasteiger charge is 2.16. The van der Waals surface area contributed by atoms with Gasteiger partial charge in [-0.25, -0.2) is 0 Å². The first-order valence-electron chi connectivity index (χ1n) is 7.79. The van der Waals surface area contributed by atoms with E-state index in [4.69, 9.17) is 16.0 Å². The van der Waals surface area contributed by atoms with Crippen LogP contribution < -0.4 is 0 Å². The summed E-state index contributed by atoms with van der Waals surface area (Å²) in [6.07, 6.45) is 2.80. The van der Waals surface area contributed by atoms with E-state index in [1.54, 1.807) is 6.26 Å². The molecule has 0 N–H and O–H groups in total. The number of carbonyl (C=O) groups excluding carboxylic acids is 1. The molecule has 0 spiro atoms. The third-order valence-corrected chi connectivity index (χ3v) is 5.00. The maximum atomic E-state index is 12.7. The van der Waals surface area contributed by atoms with Crippen LogP contribution in [0, 0.1) is 0 Å². The highest BCUT2D eigenvalue weighted by molar-refractivity contribution is 7.16. The molecule has 5 heteroatoms. The van der Waals surface area contributed by atoms with Gasteiger partial charge in [-0.3, -0.25) is 4.79 Å². The van der Waals surface area contributed by atoms with Crippen LogP contribution in [-0.4, -0.2) is 10.8 Å². The first-order chi connectivity index (χ1) is 11.7. The fraction of sp³-hybridized carbons (Fsp3) is 0.211. The van der Waals surface area contributed by atoms with Gasteiger partial charge in [0.1, 0.15) is 5.76 Å². The van der Waals surface area contributed by atoms with Crippen LogP contribution in [0.3, 0.4) is 0 Å². The molecule has 3 aromatic rings. The van der Waals surface area contributed by atoms with Gasteiger partial charge in [-0.05, 0) is 36.2 Å². The van der Waals surface area contributed by atoms with Crippen molar-refractivity contribution < 1.29 is 9.21 Å². The molecular weight excluding hydrogens is 342 g/mol. The van der Waals surface area contributed by atoms with Gasteiger partial charge < -0.3 is 9.32 Å². The highest BCUT2D eigenvalue weighted by Crippen LogP contribution is 2.23. The first kappa shape index (κ1) is 16.8. The molecule has 3 rings (SSSR count). The van der Waals surface area contributed by atoms with E-state index < -0.39 is 0 Å². The monoisotopic (exact) mass is 359 g/mol. The molecule has 0 saturated heterocycles. The third-order valence-electron chi connectivity index (χ3n) is 3.71. The summed E-state index contributed by atoms with van der Waals surface area (Å²) in [5.74, 6) is 0.901. The number of aryl methyl sites for hydroxylation is 1. The van der Waals surface area contributed by atoms with Gasteiger partial charge in [0.25, 0.3) is 0 Å². The van der Waals surface area contributed by atoms with Crippen LogP contribution in [-0.2, 0) is 24.3 Å². The van der Waals surface area contributed by atoms with Crippen LogP contribution in [0.2, 0.25) is 4.34 Å². The number of halogens is 1. The number of hydrogen-bond donors (Lipinski definition) is 0. The van der Waals surface area contributed by atoms with Gasteiger partial charge in [-0.15, -0.1) is 11.3 Å². The lowest BCUT2D eigenvalue weighted by atomic mass is 10.2. The lowest BCUT2D eigenvalue weighted by Gasteiger charge is -2.22. The predicted octanol–water partition coefficient (Wildman–Crippen LogP) is 5.16. The molecule has 3 nitrogen and oxygen atoms in total. The van der Waals surface area contributed by atoms with Crippen LogP contribution in [0.5, 0.6) is 0 Å². The molecule has 2 heterocycles. The van der Waals surface area contributed by atoms with E-state index in [1.807, 2.05) is 59.5 Å². The molecule has 1 aromatic carbocycles. The quantitative estimate of drug-likeness (QED) is 0.584. The van der Waals surface area contributed by atoms with Gasteiger partial charge in [0.05, 0.1) is 17.1 Å². The second kappa shape index (κ2) is 8.18. The Labute approximate surface area is 150 Å². The molecular formula is C19H18ClNO2S. The van der Waals surface area contributed by atoms with Gasteiger partial charge in [-0.2, -0.15) is 0 Å². The summed E-state index contributed by atoms with van der Waals surface area (Å²) < 4.78 is 6.17. The fourth-order valence-corrected chi connectivity index (χ4v) is 3.59. The number of furan rings is 1. The van der Waals surface area contributed by atoms with Gasteiger partial charge in [0.15, 0.2) is 0 Å². The Bertz CT molecular complexity index is 768. The largest absolute Gasteiger partial charge is 0.467 e. The summed E-state index contributed by atoms with van der Waals surface area (Å²) in [6, 6.07) is 17.6. The maximum Gasteiger partial charge on any atom is 0.223 e. The molecule has 0 radical (unpaired) electrons. The first-order valence-corrected chi connectivity index (χ1v) is 8.98. The molecule has 2 aromatic heterocycles. The van der Waals surface area contributed by atoms with Gasteiger partial charge in [0.2, 0.25) is 5.91 Å². The Kier molecular flexibility index (Phi) is 5.72. The molecule has 0 atom stereocenters. The Morgan fingerprint density at radius 3 is 2.54 bits per heavy atom. The Morgan fingerprint density at radius 2 is 1.88 bits per heavy atom. The van der Waals surface area contributed by atoms with Gasteiger partial charge >= 0.3 is 0 Å². The van der Waals surface area contributed by atoms with Crippen molar-refractivity contribution in [3.05, 3.63) is 81.4 Å². The predicted molar refractivity (Wildman–Crippen MR) is 97.1 cm³/mol. The van der Waals surface area contributed by atoms with E-state index in [1.165, 1.54) is 11.3 Å². The Morgan fingerprint density at radius 1 is 1.04 bits per heavy atom. The fourth-order valence-electron chi connectivity index (χ4n) is 2.50. The van der Waals surface area contributed by atoms with Crippen molar-refractivity contribution in [3.8, 4) is 0 Å². The van der Waals surface area contributed by atoms with Crippen molar-refractivity contribution in [2.45, 2.75) is 25.9 Å². The minimum Gasteiger partial charge on any atom is -0.467 e. The summed E-state index contributed by atoms with van der Waals surface area (Å²) in [5, 5.41) is 0. The third kappa shape index (κ3) is 4.73. The number of amides is 1. The van der Waals surface area contributed by atoms with Crippen LogP contribution in [0.25, 0.3) is 0 Å². The number of carbonyl (C=O) groups is 1. The van der Waals surface area contributed by atoms with E-state index >= 15 is 0 Å². The average molecular weight is 360 g/mol. The topological polar surface area (TPSA) is 33.5 Å². The SMILES string of the molecule is O=C(CCc1ccc(Cl)s1)N(Cc1ccccc1)Cc1ccco1. The lowest BCUT2D eigenvalue weighted by molar-refractivity contribution is -0.132. The van der Waals surface area contributed by atoms with Crippen LogP contribution in [0.15, 0.2) is 65.3 Å². The molecule has 0 fully saturated rings. The van der Waals surface area contributed by atoms with Crippen molar-refractivity contribution in [2.24, 2.45) is 0 Å². The molecule has 0 bridgehead atoms. The Hall–Kier alpha value is -2.04. The molecule has 1 amide bonds. The van der Waals surface area contributed by atoms with E-state index in [9.17, 15) is 4.79 Å². The summed E-state index contributed by atoms with van der Waals surface area (Å²) in [7, 11) is 0. The van der Waals surface area contributed by atoms with E-state index in [2.05, 4.69) is 0 Å².